The van der Waals surface area contributed by atoms with Crippen molar-refractivity contribution in [2.24, 2.45) is 5.92 Å². The fourth-order valence-electron chi connectivity index (χ4n) is 1.66. The average molecular weight is 169 g/mol. The van der Waals surface area contributed by atoms with Gasteiger partial charge in [0.1, 0.15) is 0 Å². The molecule has 1 saturated carbocycles. The van der Waals surface area contributed by atoms with E-state index in [9.17, 15) is 0 Å². The van der Waals surface area contributed by atoms with Crippen molar-refractivity contribution in [1.82, 2.24) is 5.32 Å². The quantitative estimate of drug-likeness (QED) is 0.578. The van der Waals surface area contributed by atoms with Crippen molar-refractivity contribution in [2.75, 3.05) is 6.54 Å². The van der Waals surface area contributed by atoms with E-state index in [1.54, 1.807) is 0 Å². The lowest BCUT2D eigenvalue weighted by Gasteiger charge is -2.12. The van der Waals surface area contributed by atoms with Gasteiger partial charge in [-0.15, -0.1) is 0 Å². The second kappa shape index (κ2) is 5.58. The molecule has 0 heterocycles. The molecule has 1 nitrogen and oxygen atoms in total. The molecule has 0 aliphatic heterocycles. The van der Waals surface area contributed by atoms with Crippen LogP contribution in [-0.2, 0) is 0 Å². The molecule has 1 heteroatoms. The zero-order valence-corrected chi connectivity index (χ0v) is 8.60. The molecule has 1 atom stereocenters. The third kappa shape index (κ3) is 4.76. The molecule has 1 fully saturated rings. The number of rotatable bonds is 7. The van der Waals surface area contributed by atoms with E-state index >= 15 is 0 Å². The van der Waals surface area contributed by atoms with Crippen LogP contribution in [0.15, 0.2) is 0 Å². The first-order chi connectivity index (χ1) is 5.83. The van der Waals surface area contributed by atoms with E-state index in [1.165, 1.54) is 45.1 Å². The van der Waals surface area contributed by atoms with Crippen LogP contribution >= 0.6 is 0 Å². The monoisotopic (exact) mass is 169 g/mol. The van der Waals surface area contributed by atoms with Crippen LogP contribution in [0.4, 0.5) is 0 Å². The molecular weight excluding hydrogens is 146 g/mol. The Kier molecular flexibility index (Phi) is 4.67. The molecule has 1 unspecified atom stereocenters. The minimum Gasteiger partial charge on any atom is -0.314 e. The Balaban J connectivity index is 1.83. The minimum absolute atomic E-state index is 0.759. The SMILES string of the molecule is CCCCCNC(C)CC1CC1. The van der Waals surface area contributed by atoms with Crippen LogP contribution in [0.25, 0.3) is 0 Å². The Hall–Kier alpha value is -0.0400. The maximum Gasteiger partial charge on any atom is 0.00413 e. The average Bonchev–Trinajstić information content (AvgIpc) is 2.82. The first-order valence-corrected chi connectivity index (χ1v) is 5.56. The summed E-state index contributed by atoms with van der Waals surface area (Å²) in [5, 5.41) is 3.59. The third-order valence-electron chi connectivity index (χ3n) is 2.66. The Morgan fingerprint density at radius 1 is 1.33 bits per heavy atom. The number of nitrogens with one attached hydrogen (secondary N) is 1. The molecule has 12 heavy (non-hydrogen) atoms. The molecular formula is C11H23N. The molecule has 0 aromatic carbocycles. The van der Waals surface area contributed by atoms with Gasteiger partial charge in [0, 0.05) is 6.04 Å². The van der Waals surface area contributed by atoms with Gasteiger partial charge in [-0.2, -0.15) is 0 Å². The van der Waals surface area contributed by atoms with Gasteiger partial charge in [0.2, 0.25) is 0 Å². The van der Waals surface area contributed by atoms with Crippen LogP contribution in [0.3, 0.4) is 0 Å². The minimum atomic E-state index is 0.759. The lowest BCUT2D eigenvalue weighted by molar-refractivity contribution is 0.477. The highest BCUT2D eigenvalue weighted by Gasteiger charge is 2.22. The van der Waals surface area contributed by atoms with Gasteiger partial charge in [0.25, 0.3) is 0 Å². The van der Waals surface area contributed by atoms with Gasteiger partial charge in [-0.25, -0.2) is 0 Å². The van der Waals surface area contributed by atoms with E-state index < -0.39 is 0 Å². The standard InChI is InChI=1S/C11H23N/c1-3-4-5-8-12-10(2)9-11-6-7-11/h10-12H,3-9H2,1-2H3. The van der Waals surface area contributed by atoms with Gasteiger partial charge in [-0.3, -0.25) is 0 Å². The summed E-state index contributed by atoms with van der Waals surface area (Å²) in [5.41, 5.74) is 0. The lowest BCUT2D eigenvalue weighted by Crippen LogP contribution is -2.27. The van der Waals surface area contributed by atoms with Crippen molar-refractivity contribution in [1.29, 1.82) is 0 Å². The maximum atomic E-state index is 3.59. The normalized spacial score (nSPS) is 19.5. The van der Waals surface area contributed by atoms with E-state index in [2.05, 4.69) is 19.2 Å². The first-order valence-electron chi connectivity index (χ1n) is 5.56. The highest BCUT2D eigenvalue weighted by atomic mass is 14.9. The van der Waals surface area contributed by atoms with E-state index in [0.717, 1.165) is 12.0 Å². The number of hydrogen-bond acceptors (Lipinski definition) is 1. The molecule has 0 aromatic heterocycles. The van der Waals surface area contributed by atoms with Crippen molar-refractivity contribution >= 4 is 0 Å². The van der Waals surface area contributed by atoms with Crippen LogP contribution in [0, 0.1) is 5.92 Å². The fraction of sp³-hybridized carbons (Fsp3) is 1.00. The summed E-state index contributed by atoms with van der Waals surface area (Å²) in [6.07, 6.45) is 8.45. The third-order valence-corrected chi connectivity index (χ3v) is 2.66. The largest absolute Gasteiger partial charge is 0.314 e. The van der Waals surface area contributed by atoms with Crippen molar-refractivity contribution in [2.45, 2.75) is 58.4 Å². The summed E-state index contributed by atoms with van der Waals surface area (Å²) in [6.45, 7) is 5.81. The highest BCUT2D eigenvalue weighted by molar-refractivity contribution is 4.77. The Bertz CT molecular complexity index is 108. The molecule has 1 N–H and O–H groups in total. The van der Waals surface area contributed by atoms with Gasteiger partial charge < -0.3 is 5.32 Å². The first kappa shape index (κ1) is 10.0. The van der Waals surface area contributed by atoms with Crippen molar-refractivity contribution in [3.05, 3.63) is 0 Å². The Morgan fingerprint density at radius 3 is 2.67 bits per heavy atom. The van der Waals surface area contributed by atoms with Crippen molar-refractivity contribution < 1.29 is 0 Å². The molecule has 0 spiro atoms. The predicted molar refractivity (Wildman–Crippen MR) is 54.3 cm³/mol. The highest BCUT2D eigenvalue weighted by Crippen LogP contribution is 2.33. The van der Waals surface area contributed by atoms with Gasteiger partial charge >= 0.3 is 0 Å². The van der Waals surface area contributed by atoms with Crippen molar-refractivity contribution in [3.63, 3.8) is 0 Å². The molecule has 0 bridgehead atoms. The smallest absolute Gasteiger partial charge is 0.00413 e. The summed E-state index contributed by atoms with van der Waals surface area (Å²) >= 11 is 0. The van der Waals surface area contributed by atoms with Gasteiger partial charge in [-0.05, 0) is 32.2 Å². The summed E-state index contributed by atoms with van der Waals surface area (Å²) in [7, 11) is 0. The van der Waals surface area contributed by atoms with E-state index in [4.69, 9.17) is 0 Å². The number of unbranched alkanes of at least 4 members (excludes halogenated alkanes) is 2. The van der Waals surface area contributed by atoms with E-state index in [1.807, 2.05) is 0 Å². The van der Waals surface area contributed by atoms with E-state index in [-0.39, 0.29) is 0 Å². The Labute approximate surface area is 76.9 Å². The maximum absolute atomic E-state index is 3.59. The van der Waals surface area contributed by atoms with Gasteiger partial charge in [0.05, 0.1) is 0 Å². The summed E-state index contributed by atoms with van der Waals surface area (Å²) in [5.74, 6) is 1.07. The topological polar surface area (TPSA) is 12.0 Å². The molecule has 0 saturated heterocycles. The van der Waals surface area contributed by atoms with Crippen molar-refractivity contribution in [3.8, 4) is 0 Å². The Morgan fingerprint density at radius 2 is 2.08 bits per heavy atom. The second-order valence-electron chi connectivity index (χ2n) is 4.24. The van der Waals surface area contributed by atoms with E-state index in [0.29, 0.717) is 0 Å². The van der Waals surface area contributed by atoms with Gasteiger partial charge in [-0.1, -0.05) is 32.6 Å². The van der Waals surface area contributed by atoms with Crippen LogP contribution in [-0.4, -0.2) is 12.6 Å². The molecule has 0 amide bonds. The van der Waals surface area contributed by atoms with Crippen LogP contribution in [0.2, 0.25) is 0 Å². The summed E-state index contributed by atoms with van der Waals surface area (Å²) < 4.78 is 0. The number of hydrogen-bond donors (Lipinski definition) is 1. The predicted octanol–water partition coefficient (Wildman–Crippen LogP) is 2.95. The second-order valence-corrected chi connectivity index (χ2v) is 4.24. The molecule has 72 valence electrons. The molecule has 0 radical (unpaired) electrons. The zero-order valence-electron chi connectivity index (χ0n) is 8.60. The summed E-state index contributed by atoms with van der Waals surface area (Å²) in [6, 6.07) is 0.759. The zero-order chi connectivity index (χ0) is 8.81. The van der Waals surface area contributed by atoms with Crippen LogP contribution in [0.5, 0.6) is 0 Å². The van der Waals surface area contributed by atoms with Crippen LogP contribution < -0.4 is 5.32 Å². The van der Waals surface area contributed by atoms with Gasteiger partial charge in [0.15, 0.2) is 0 Å². The van der Waals surface area contributed by atoms with Crippen LogP contribution in [0.1, 0.15) is 52.4 Å². The molecule has 1 rings (SSSR count). The summed E-state index contributed by atoms with van der Waals surface area (Å²) in [4.78, 5) is 0. The lowest BCUT2D eigenvalue weighted by atomic mass is 10.1. The fourth-order valence-corrected chi connectivity index (χ4v) is 1.66. The molecule has 0 aromatic rings. The molecule has 1 aliphatic rings. The molecule has 1 aliphatic carbocycles.